The molecular weight excluding hydrogens is 266 g/mol. The van der Waals surface area contributed by atoms with Crippen LogP contribution in [-0.4, -0.2) is 26.4 Å². The van der Waals surface area contributed by atoms with Gasteiger partial charge in [-0.1, -0.05) is 27.4 Å². The molecular formula is C17H31NO3. The molecule has 21 heavy (non-hydrogen) atoms. The van der Waals surface area contributed by atoms with Crippen LogP contribution in [0.1, 0.15) is 40.5 Å². The van der Waals surface area contributed by atoms with Crippen molar-refractivity contribution in [1.82, 2.24) is 5.32 Å². The molecule has 0 rings (SSSR count). The molecule has 4 heteroatoms. The zero-order valence-electron chi connectivity index (χ0n) is 14.0. The third kappa shape index (κ3) is 13.3. The quantitative estimate of drug-likeness (QED) is 0.412. The summed E-state index contributed by atoms with van der Waals surface area (Å²) in [5.41, 5.74) is 1.06. The number of nitrogens with one attached hydrogen (secondary N) is 1. The first-order chi connectivity index (χ1) is 9.95. The van der Waals surface area contributed by atoms with Crippen LogP contribution in [0.4, 0.5) is 0 Å². The average Bonchev–Trinajstić information content (AvgIpc) is 2.36. The van der Waals surface area contributed by atoms with Crippen LogP contribution in [0, 0.1) is 5.92 Å². The highest BCUT2D eigenvalue weighted by Crippen LogP contribution is 2.06. The summed E-state index contributed by atoms with van der Waals surface area (Å²) in [6.45, 7) is 18.3. The van der Waals surface area contributed by atoms with Crippen LogP contribution in [0.2, 0.25) is 0 Å². The topological polar surface area (TPSA) is 39.7 Å². The maximum Gasteiger partial charge on any atom is 0.276 e. The van der Waals surface area contributed by atoms with Crippen molar-refractivity contribution in [1.29, 1.82) is 0 Å². The molecule has 1 N–H and O–H groups in total. The second-order valence-corrected chi connectivity index (χ2v) is 5.29. The van der Waals surface area contributed by atoms with Crippen molar-refractivity contribution in [3.8, 4) is 0 Å². The Hall–Kier alpha value is -1.42. The number of hydrogen-bond donors (Lipinski definition) is 1. The lowest BCUT2D eigenvalue weighted by atomic mass is 10.1. The lowest BCUT2D eigenvalue weighted by Gasteiger charge is -2.13. The fourth-order valence-corrected chi connectivity index (χ4v) is 1.72. The number of ether oxygens (including phenoxy) is 3. The van der Waals surface area contributed by atoms with Crippen molar-refractivity contribution in [3.63, 3.8) is 0 Å². The Bertz CT molecular complexity index is 335. The molecule has 0 bridgehead atoms. The summed E-state index contributed by atoms with van der Waals surface area (Å²) in [5, 5.41) is 3.24. The lowest BCUT2D eigenvalue weighted by Crippen LogP contribution is -2.20. The van der Waals surface area contributed by atoms with E-state index < -0.39 is 0 Å². The Morgan fingerprint density at radius 1 is 1.19 bits per heavy atom. The first-order valence-corrected chi connectivity index (χ1v) is 7.61. The molecule has 0 radical (unpaired) electrons. The van der Waals surface area contributed by atoms with Gasteiger partial charge in [0.25, 0.3) is 5.95 Å². The molecule has 0 aromatic carbocycles. The third-order valence-corrected chi connectivity index (χ3v) is 2.53. The summed E-state index contributed by atoms with van der Waals surface area (Å²) >= 11 is 0. The first-order valence-electron chi connectivity index (χ1n) is 7.61. The van der Waals surface area contributed by atoms with Crippen molar-refractivity contribution < 1.29 is 14.2 Å². The fourth-order valence-electron chi connectivity index (χ4n) is 1.72. The molecule has 4 nitrogen and oxygen atoms in total. The monoisotopic (exact) mass is 297 g/mol. The van der Waals surface area contributed by atoms with Gasteiger partial charge in [-0.05, 0) is 38.3 Å². The minimum atomic E-state index is 0.309. The predicted molar refractivity (Wildman–Crippen MR) is 87.6 cm³/mol. The number of allylic oxidation sites excluding steroid dienone is 3. The van der Waals surface area contributed by atoms with Crippen molar-refractivity contribution in [2.45, 2.75) is 40.5 Å². The van der Waals surface area contributed by atoms with E-state index in [1.54, 1.807) is 0 Å². The van der Waals surface area contributed by atoms with Gasteiger partial charge in [-0.25, -0.2) is 0 Å². The zero-order chi connectivity index (χ0) is 16.1. The van der Waals surface area contributed by atoms with E-state index in [1.807, 2.05) is 19.9 Å². The van der Waals surface area contributed by atoms with Crippen LogP contribution in [-0.2, 0) is 14.2 Å². The first kappa shape index (κ1) is 19.6. The zero-order valence-corrected chi connectivity index (χ0v) is 14.0. The van der Waals surface area contributed by atoms with Crippen LogP contribution in [0.25, 0.3) is 0 Å². The maximum absolute atomic E-state index is 5.45. The Balaban J connectivity index is 3.46. The molecule has 0 spiro atoms. The molecule has 0 heterocycles. The van der Waals surface area contributed by atoms with Crippen molar-refractivity contribution in [3.05, 3.63) is 36.6 Å². The van der Waals surface area contributed by atoms with Crippen LogP contribution in [0.15, 0.2) is 36.6 Å². The van der Waals surface area contributed by atoms with Gasteiger partial charge in [-0.2, -0.15) is 0 Å². The van der Waals surface area contributed by atoms with Gasteiger partial charge in [0.1, 0.15) is 12.4 Å². The smallest absolute Gasteiger partial charge is 0.276 e. The number of rotatable bonds is 13. The summed E-state index contributed by atoms with van der Waals surface area (Å²) in [4.78, 5) is 0. The maximum atomic E-state index is 5.45. The van der Waals surface area contributed by atoms with Gasteiger partial charge in [0, 0.05) is 12.2 Å². The van der Waals surface area contributed by atoms with Gasteiger partial charge in [-0.15, -0.1) is 0 Å². The van der Waals surface area contributed by atoms with Crippen LogP contribution in [0.3, 0.4) is 0 Å². The van der Waals surface area contributed by atoms with Gasteiger partial charge in [-0.3, -0.25) is 0 Å². The highest BCUT2D eigenvalue weighted by Gasteiger charge is 1.99. The molecule has 0 unspecified atom stereocenters. The van der Waals surface area contributed by atoms with E-state index in [1.165, 1.54) is 0 Å². The van der Waals surface area contributed by atoms with Gasteiger partial charge < -0.3 is 19.5 Å². The summed E-state index contributed by atoms with van der Waals surface area (Å²) in [6.07, 6.45) is 3.89. The molecule has 122 valence electrons. The van der Waals surface area contributed by atoms with E-state index in [9.17, 15) is 0 Å². The van der Waals surface area contributed by atoms with Gasteiger partial charge in [0.15, 0.2) is 0 Å². The summed E-state index contributed by atoms with van der Waals surface area (Å²) < 4.78 is 16.1. The predicted octanol–water partition coefficient (Wildman–Crippen LogP) is 3.97. The Morgan fingerprint density at radius 3 is 2.52 bits per heavy atom. The molecule has 0 aromatic rings. The fraction of sp³-hybridized carbons (Fsp3) is 0.647. The molecule has 0 atom stereocenters. The molecule has 0 aliphatic carbocycles. The molecule has 0 aromatic heterocycles. The minimum absolute atomic E-state index is 0.309. The molecule has 0 fully saturated rings. The van der Waals surface area contributed by atoms with Crippen LogP contribution in [0.5, 0.6) is 0 Å². The Labute approximate surface area is 129 Å². The van der Waals surface area contributed by atoms with Crippen LogP contribution < -0.4 is 5.32 Å². The van der Waals surface area contributed by atoms with Gasteiger partial charge in [0.2, 0.25) is 0 Å². The highest BCUT2D eigenvalue weighted by atomic mass is 16.7. The SMILES string of the molecule is C=C(CC(C)C)NCCOCCOC(=C)O/C(C)=C/CC. The normalized spacial score (nSPS) is 11.4. The molecule has 0 saturated heterocycles. The third-order valence-electron chi connectivity index (χ3n) is 2.53. The summed E-state index contributed by atoms with van der Waals surface area (Å²) in [5.74, 6) is 1.73. The van der Waals surface area contributed by atoms with E-state index in [0.717, 1.165) is 30.8 Å². The average molecular weight is 297 g/mol. The largest absolute Gasteiger partial charge is 0.463 e. The molecule has 0 saturated carbocycles. The van der Waals surface area contributed by atoms with Crippen molar-refractivity contribution >= 4 is 0 Å². The van der Waals surface area contributed by atoms with Gasteiger partial charge >= 0.3 is 0 Å². The second kappa shape index (κ2) is 12.3. The molecule has 0 amide bonds. The lowest BCUT2D eigenvalue weighted by molar-refractivity contribution is 0.0260. The van der Waals surface area contributed by atoms with E-state index in [0.29, 0.717) is 31.7 Å². The molecule has 0 aliphatic heterocycles. The van der Waals surface area contributed by atoms with E-state index in [2.05, 4.69) is 32.3 Å². The van der Waals surface area contributed by atoms with E-state index in [-0.39, 0.29) is 0 Å². The summed E-state index contributed by atoms with van der Waals surface area (Å²) in [7, 11) is 0. The van der Waals surface area contributed by atoms with Gasteiger partial charge in [0.05, 0.1) is 13.2 Å². The van der Waals surface area contributed by atoms with E-state index >= 15 is 0 Å². The summed E-state index contributed by atoms with van der Waals surface area (Å²) in [6, 6.07) is 0. The Morgan fingerprint density at radius 2 is 1.90 bits per heavy atom. The minimum Gasteiger partial charge on any atom is -0.463 e. The van der Waals surface area contributed by atoms with Crippen LogP contribution >= 0.6 is 0 Å². The second-order valence-electron chi connectivity index (χ2n) is 5.29. The number of hydrogen-bond acceptors (Lipinski definition) is 4. The standard InChI is InChI=1S/C17H31NO3/c1-7-8-16(5)21-17(6)20-12-11-19-10-9-18-15(4)13-14(2)3/h8,14,18H,4,6-7,9-13H2,1-3,5H3/b16-8+. The Kier molecular flexibility index (Phi) is 11.5. The molecule has 0 aliphatic rings. The van der Waals surface area contributed by atoms with E-state index in [4.69, 9.17) is 14.2 Å². The van der Waals surface area contributed by atoms with Crippen molar-refractivity contribution in [2.24, 2.45) is 5.92 Å². The highest BCUT2D eigenvalue weighted by molar-refractivity contribution is 4.92. The van der Waals surface area contributed by atoms with Crippen molar-refractivity contribution in [2.75, 3.05) is 26.4 Å².